The molecule has 2 amide bonds. The Morgan fingerprint density at radius 2 is 1.62 bits per heavy atom. The van der Waals surface area contributed by atoms with Gasteiger partial charge in [0, 0.05) is 14.2 Å². The number of nitrogens with one attached hydrogen (secondary N) is 2. The minimum atomic E-state index is -1.77. The first-order chi connectivity index (χ1) is 11.0. The molecule has 0 heterocycles. The molecule has 0 saturated heterocycles. The summed E-state index contributed by atoms with van der Waals surface area (Å²) in [4.78, 5) is 37.3. The molecule has 0 bridgehead atoms. The van der Waals surface area contributed by atoms with Gasteiger partial charge in [0.1, 0.15) is 6.04 Å². The standard InChI is InChI=1S/C17H32N2O5/c1-11(2)9-10-17(24-8,15(22)23-7)14(21)19-12(13(20)18-6)16(3,4)5/h11-12H,9-10H2,1-8H3,(H,18,20)(H,19,21)/t12-,17+/m1/s1. The zero-order valence-corrected chi connectivity index (χ0v) is 16.1. The molecule has 0 saturated carbocycles. The van der Waals surface area contributed by atoms with Crippen LogP contribution in [0.5, 0.6) is 0 Å². The fourth-order valence-corrected chi connectivity index (χ4v) is 2.31. The van der Waals surface area contributed by atoms with Crippen LogP contribution >= 0.6 is 0 Å². The van der Waals surface area contributed by atoms with Crippen molar-refractivity contribution in [1.82, 2.24) is 10.6 Å². The lowest BCUT2D eigenvalue weighted by Gasteiger charge is -2.34. The summed E-state index contributed by atoms with van der Waals surface area (Å²) in [5.41, 5.74) is -2.31. The van der Waals surface area contributed by atoms with E-state index in [0.717, 1.165) is 0 Å². The Bertz CT molecular complexity index is 456. The van der Waals surface area contributed by atoms with Crippen LogP contribution in [-0.4, -0.2) is 50.7 Å². The lowest BCUT2D eigenvalue weighted by Crippen LogP contribution is -2.61. The SMILES string of the molecule is CNC(=O)[C@@H](NC(=O)[C@](CCC(C)C)(OC)C(=O)OC)C(C)(C)C. The summed E-state index contributed by atoms with van der Waals surface area (Å²) in [6, 6.07) is -0.812. The van der Waals surface area contributed by atoms with Gasteiger partial charge in [0.25, 0.3) is 5.91 Å². The molecular weight excluding hydrogens is 312 g/mol. The van der Waals surface area contributed by atoms with Crippen molar-refractivity contribution in [3.05, 3.63) is 0 Å². The number of methoxy groups -OCH3 is 2. The third-order valence-corrected chi connectivity index (χ3v) is 3.95. The number of carbonyl (C=O) groups is 3. The van der Waals surface area contributed by atoms with E-state index in [1.54, 1.807) is 0 Å². The van der Waals surface area contributed by atoms with Gasteiger partial charge in [-0.2, -0.15) is 0 Å². The van der Waals surface area contributed by atoms with E-state index < -0.39 is 28.9 Å². The third kappa shape index (κ3) is 5.47. The number of hydrogen-bond acceptors (Lipinski definition) is 5. The fraction of sp³-hybridized carbons (Fsp3) is 0.824. The Labute approximate surface area is 144 Å². The predicted octanol–water partition coefficient (Wildman–Crippen LogP) is 1.26. The molecule has 0 aliphatic rings. The normalized spacial score (nSPS) is 15.4. The van der Waals surface area contributed by atoms with E-state index in [-0.39, 0.29) is 18.2 Å². The maximum absolute atomic E-state index is 12.9. The molecule has 0 spiro atoms. The van der Waals surface area contributed by atoms with E-state index in [0.29, 0.717) is 6.42 Å². The lowest BCUT2D eigenvalue weighted by molar-refractivity contribution is -0.175. The maximum Gasteiger partial charge on any atom is 0.348 e. The Morgan fingerprint density at radius 1 is 1.08 bits per heavy atom. The fourth-order valence-electron chi connectivity index (χ4n) is 2.31. The second-order valence-corrected chi connectivity index (χ2v) is 7.34. The molecule has 7 nitrogen and oxygen atoms in total. The minimum absolute atomic E-state index is 0.171. The topological polar surface area (TPSA) is 93.7 Å². The Balaban J connectivity index is 5.65. The lowest BCUT2D eigenvalue weighted by atomic mass is 9.84. The van der Waals surface area contributed by atoms with Crippen molar-refractivity contribution in [1.29, 1.82) is 0 Å². The van der Waals surface area contributed by atoms with Crippen molar-refractivity contribution < 1.29 is 23.9 Å². The molecule has 0 aromatic heterocycles. The molecule has 0 aliphatic carbocycles. The van der Waals surface area contributed by atoms with E-state index in [2.05, 4.69) is 10.6 Å². The molecule has 0 aromatic rings. The highest BCUT2D eigenvalue weighted by molar-refractivity contribution is 6.07. The van der Waals surface area contributed by atoms with Gasteiger partial charge < -0.3 is 20.1 Å². The highest BCUT2D eigenvalue weighted by atomic mass is 16.6. The summed E-state index contributed by atoms with van der Waals surface area (Å²) in [7, 11) is 4.00. The highest BCUT2D eigenvalue weighted by Gasteiger charge is 2.49. The van der Waals surface area contributed by atoms with Gasteiger partial charge in [-0.05, 0) is 24.2 Å². The molecule has 0 fully saturated rings. The number of carbonyl (C=O) groups excluding carboxylic acids is 3. The summed E-state index contributed by atoms with van der Waals surface area (Å²) >= 11 is 0. The van der Waals surface area contributed by atoms with Crippen LogP contribution in [0, 0.1) is 11.3 Å². The first-order valence-electron chi connectivity index (χ1n) is 8.12. The predicted molar refractivity (Wildman–Crippen MR) is 91.3 cm³/mol. The Morgan fingerprint density at radius 3 is 1.96 bits per heavy atom. The smallest absolute Gasteiger partial charge is 0.348 e. The van der Waals surface area contributed by atoms with Gasteiger partial charge in [0.2, 0.25) is 11.5 Å². The van der Waals surface area contributed by atoms with Crippen LogP contribution in [0.15, 0.2) is 0 Å². The summed E-state index contributed by atoms with van der Waals surface area (Å²) < 4.78 is 10.1. The van der Waals surface area contributed by atoms with Crippen LogP contribution < -0.4 is 10.6 Å². The minimum Gasteiger partial charge on any atom is -0.466 e. The van der Waals surface area contributed by atoms with Crippen molar-refractivity contribution >= 4 is 17.8 Å². The Kier molecular flexibility index (Phi) is 8.40. The van der Waals surface area contributed by atoms with E-state index in [1.807, 2.05) is 34.6 Å². The van der Waals surface area contributed by atoms with Gasteiger partial charge in [-0.1, -0.05) is 34.6 Å². The number of amides is 2. The molecule has 7 heteroatoms. The molecule has 2 N–H and O–H groups in total. The first kappa shape index (κ1) is 22.4. The van der Waals surface area contributed by atoms with Crippen LogP contribution in [0.2, 0.25) is 0 Å². The van der Waals surface area contributed by atoms with Gasteiger partial charge in [-0.25, -0.2) is 4.79 Å². The van der Waals surface area contributed by atoms with Crippen molar-refractivity contribution in [2.45, 2.75) is 59.1 Å². The highest BCUT2D eigenvalue weighted by Crippen LogP contribution is 2.25. The molecular formula is C17H32N2O5. The molecule has 0 radical (unpaired) electrons. The van der Waals surface area contributed by atoms with Gasteiger partial charge in [-0.15, -0.1) is 0 Å². The number of hydrogen-bond donors (Lipinski definition) is 2. The van der Waals surface area contributed by atoms with Crippen LogP contribution in [0.3, 0.4) is 0 Å². The van der Waals surface area contributed by atoms with E-state index in [9.17, 15) is 14.4 Å². The van der Waals surface area contributed by atoms with Crippen molar-refractivity contribution in [3.63, 3.8) is 0 Å². The van der Waals surface area contributed by atoms with Crippen LogP contribution in [0.4, 0.5) is 0 Å². The van der Waals surface area contributed by atoms with Gasteiger partial charge in [-0.3, -0.25) is 9.59 Å². The maximum atomic E-state index is 12.9. The summed E-state index contributed by atoms with van der Waals surface area (Å²) in [5.74, 6) is -1.50. The molecule has 0 aliphatic heterocycles. The van der Waals surface area contributed by atoms with Gasteiger partial charge in [0.05, 0.1) is 7.11 Å². The van der Waals surface area contributed by atoms with Gasteiger partial charge >= 0.3 is 5.97 Å². The molecule has 0 aromatic carbocycles. The number of esters is 1. The van der Waals surface area contributed by atoms with Crippen molar-refractivity contribution in [2.75, 3.05) is 21.3 Å². The van der Waals surface area contributed by atoms with Crippen LogP contribution in [0.25, 0.3) is 0 Å². The number of ether oxygens (including phenoxy) is 2. The van der Waals surface area contributed by atoms with Crippen molar-refractivity contribution in [2.24, 2.45) is 11.3 Å². The van der Waals surface area contributed by atoms with E-state index >= 15 is 0 Å². The van der Waals surface area contributed by atoms with E-state index in [1.165, 1.54) is 21.3 Å². The van der Waals surface area contributed by atoms with E-state index in [4.69, 9.17) is 9.47 Å². The first-order valence-corrected chi connectivity index (χ1v) is 8.12. The van der Waals surface area contributed by atoms with Crippen molar-refractivity contribution in [3.8, 4) is 0 Å². The Hall–Kier alpha value is -1.63. The average molecular weight is 344 g/mol. The van der Waals surface area contributed by atoms with Crippen LogP contribution in [0.1, 0.15) is 47.5 Å². The molecule has 0 rings (SSSR count). The second-order valence-electron chi connectivity index (χ2n) is 7.34. The summed E-state index contributed by atoms with van der Waals surface area (Å²) in [6.45, 7) is 9.45. The molecule has 0 unspecified atom stereocenters. The molecule has 2 atom stereocenters. The van der Waals surface area contributed by atoms with Crippen LogP contribution in [-0.2, 0) is 23.9 Å². The monoisotopic (exact) mass is 344 g/mol. The zero-order valence-electron chi connectivity index (χ0n) is 16.1. The summed E-state index contributed by atoms with van der Waals surface area (Å²) in [5, 5.41) is 5.19. The third-order valence-electron chi connectivity index (χ3n) is 3.95. The molecule has 140 valence electrons. The average Bonchev–Trinajstić information content (AvgIpc) is 2.50. The number of rotatable bonds is 8. The quantitative estimate of drug-likeness (QED) is 0.511. The zero-order chi connectivity index (χ0) is 19.1. The molecule has 24 heavy (non-hydrogen) atoms. The van der Waals surface area contributed by atoms with Gasteiger partial charge in [0.15, 0.2) is 0 Å². The number of likely N-dealkylation sites (N-methyl/N-ethyl adjacent to an activating group) is 1. The summed E-state index contributed by atoms with van der Waals surface area (Å²) in [6.07, 6.45) is 0.765. The second kappa shape index (κ2) is 9.01. The largest absolute Gasteiger partial charge is 0.466 e.